The van der Waals surface area contributed by atoms with Crippen molar-refractivity contribution in [1.82, 2.24) is 8.87 Å². The molecule has 5 rings (SSSR count). The van der Waals surface area contributed by atoms with E-state index < -0.39 is 15.9 Å². The molecule has 1 amide bonds. The number of hydrogen-bond donors (Lipinski definition) is 1. The summed E-state index contributed by atoms with van der Waals surface area (Å²) in [4.78, 5) is 17.2. The van der Waals surface area contributed by atoms with E-state index in [0.717, 1.165) is 16.5 Å². The molecular formula is C23H23N3O5S. The zero-order valence-electron chi connectivity index (χ0n) is 17.8. The van der Waals surface area contributed by atoms with E-state index >= 15 is 0 Å². The number of morpholine rings is 1. The normalized spacial score (nSPS) is 17.1. The molecule has 1 N–H and O–H groups in total. The Labute approximate surface area is 185 Å². The van der Waals surface area contributed by atoms with Gasteiger partial charge in [0.05, 0.1) is 40.1 Å². The predicted octanol–water partition coefficient (Wildman–Crippen LogP) is 1.05. The number of hydrogen-bond acceptors (Lipinski definition) is 5. The van der Waals surface area contributed by atoms with Crippen LogP contribution in [0.2, 0.25) is 0 Å². The van der Waals surface area contributed by atoms with E-state index in [1.54, 1.807) is 10.6 Å². The molecule has 3 heterocycles. The van der Waals surface area contributed by atoms with Crippen LogP contribution in [-0.2, 0) is 26.1 Å². The molecule has 1 fully saturated rings. The minimum Gasteiger partial charge on any atom is -0.494 e. The van der Waals surface area contributed by atoms with Crippen LogP contribution in [0.25, 0.3) is 16.5 Å². The fourth-order valence-corrected chi connectivity index (χ4v) is 6.00. The molecule has 2 aromatic carbocycles. The number of fused-ring (bicyclic) bond motifs is 2. The summed E-state index contributed by atoms with van der Waals surface area (Å²) in [5.41, 5.74) is 2.42. The Morgan fingerprint density at radius 3 is 2.62 bits per heavy atom. The molecule has 0 radical (unpaired) electrons. The van der Waals surface area contributed by atoms with Crippen LogP contribution in [0.3, 0.4) is 0 Å². The first kappa shape index (κ1) is 20.9. The minimum atomic E-state index is -3.75. The van der Waals surface area contributed by atoms with Gasteiger partial charge < -0.3 is 14.4 Å². The van der Waals surface area contributed by atoms with Gasteiger partial charge in [-0.05, 0) is 37.6 Å². The van der Waals surface area contributed by atoms with Crippen LogP contribution < -0.4 is 10.6 Å². The van der Waals surface area contributed by atoms with Crippen molar-refractivity contribution < 1.29 is 23.1 Å². The molecule has 0 spiro atoms. The second-order valence-corrected chi connectivity index (χ2v) is 9.84. The molecule has 0 aliphatic carbocycles. The monoisotopic (exact) mass is 453 g/mol. The van der Waals surface area contributed by atoms with Gasteiger partial charge in [-0.25, -0.2) is 13.4 Å². The second-order valence-electron chi connectivity index (χ2n) is 7.90. The fraction of sp³-hybridized carbons (Fsp3) is 0.304. The van der Waals surface area contributed by atoms with E-state index in [0.29, 0.717) is 35.9 Å². The zero-order valence-corrected chi connectivity index (χ0v) is 18.6. The first-order valence-corrected chi connectivity index (χ1v) is 11.9. The third-order valence-electron chi connectivity index (χ3n) is 6.10. The molecule has 166 valence electrons. The lowest BCUT2D eigenvalue weighted by atomic mass is 10.0. The van der Waals surface area contributed by atoms with Gasteiger partial charge in [0.25, 0.3) is 5.91 Å². The number of benzene rings is 2. The maximum absolute atomic E-state index is 13.2. The van der Waals surface area contributed by atoms with Crippen molar-refractivity contribution in [2.45, 2.75) is 25.3 Å². The number of carbonyl (C=O) groups is 1. The number of amides is 1. The molecule has 0 unspecified atom stereocenters. The number of sulfonamides is 1. The summed E-state index contributed by atoms with van der Waals surface area (Å²) in [5, 5.41) is 12.6. The Morgan fingerprint density at radius 2 is 1.91 bits per heavy atom. The van der Waals surface area contributed by atoms with Crippen molar-refractivity contribution >= 4 is 32.4 Å². The number of aromatic hydroxyl groups is 1. The maximum atomic E-state index is 13.2. The lowest BCUT2D eigenvalue weighted by molar-refractivity contribution is -0.112. The van der Waals surface area contributed by atoms with Gasteiger partial charge in [0.1, 0.15) is 0 Å². The van der Waals surface area contributed by atoms with Crippen molar-refractivity contribution in [3.05, 3.63) is 58.1 Å². The molecule has 2 aliphatic rings. The van der Waals surface area contributed by atoms with Gasteiger partial charge in [-0.15, -0.1) is 0 Å². The van der Waals surface area contributed by atoms with E-state index in [2.05, 4.69) is 4.99 Å². The standard InChI is InChI=1S/C23H23N3O5S/c1-3-26-21-14(2)5-4-6-16(21)20(23(26)28)19-17-13-15(7-8-18(17)24-22(19)27)32(29,30)25-9-11-31-12-10-25/h4-8,13,28H,3,9-12H2,1-2H3. The SMILES string of the molecule is CCn1c(O)c(C2=c3cc(S(=O)(=O)N4CCOCC4)ccc3=NC2=O)c2cccc(C)c21. The molecule has 1 saturated heterocycles. The first-order chi connectivity index (χ1) is 15.3. The number of carbonyl (C=O) groups excluding carboxylic acids is 1. The number of aryl methyl sites for hydroxylation is 2. The molecule has 0 bridgehead atoms. The molecule has 1 aromatic heterocycles. The van der Waals surface area contributed by atoms with E-state index in [1.165, 1.54) is 16.4 Å². The largest absolute Gasteiger partial charge is 0.494 e. The summed E-state index contributed by atoms with van der Waals surface area (Å²) in [5.74, 6) is -0.516. The van der Waals surface area contributed by atoms with Crippen LogP contribution in [0, 0.1) is 6.92 Å². The molecule has 0 saturated carbocycles. The van der Waals surface area contributed by atoms with Crippen LogP contribution in [-0.4, -0.2) is 54.6 Å². The average Bonchev–Trinajstić information content (AvgIpc) is 3.26. The highest BCUT2D eigenvalue weighted by molar-refractivity contribution is 7.89. The van der Waals surface area contributed by atoms with Gasteiger partial charge in [0, 0.05) is 30.2 Å². The van der Waals surface area contributed by atoms with Gasteiger partial charge in [0.2, 0.25) is 10.0 Å². The average molecular weight is 454 g/mol. The number of aromatic nitrogens is 1. The molecule has 3 aromatic rings. The van der Waals surface area contributed by atoms with Gasteiger partial charge in [-0.2, -0.15) is 4.31 Å². The van der Waals surface area contributed by atoms with Crippen LogP contribution in [0.5, 0.6) is 5.88 Å². The number of para-hydroxylation sites is 1. The highest BCUT2D eigenvalue weighted by atomic mass is 32.2. The number of nitrogens with zero attached hydrogens (tertiary/aromatic N) is 3. The van der Waals surface area contributed by atoms with E-state index in [1.807, 2.05) is 32.0 Å². The van der Waals surface area contributed by atoms with Crippen molar-refractivity contribution in [1.29, 1.82) is 0 Å². The number of ether oxygens (including phenoxy) is 1. The Bertz CT molecular complexity index is 1500. The summed E-state index contributed by atoms with van der Waals surface area (Å²) in [6, 6.07) is 10.2. The highest BCUT2D eigenvalue weighted by Gasteiger charge is 2.30. The van der Waals surface area contributed by atoms with Crippen LogP contribution in [0.1, 0.15) is 18.1 Å². The van der Waals surface area contributed by atoms with Crippen LogP contribution in [0.15, 0.2) is 46.3 Å². The summed E-state index contributed by atoms with van der Waals surface area (Å²) >= 11 is 0. The quantitative estimate of drug-likeness (QED) is 0.637. The fourth-order valence-electron chi connectivity index (χ4n) is 4.57. The molecule has 32 heavy (non-hydrogen) atoms. The van der Waals surface area contributed by atoms with Crippen molar-refractivity contribution in [3.8, 4) is 5.88 Å². The molecular weight excluding hydrogens is 430 g/mol. The summed E-state index contributed by atoms with van der Waals surface area (Å²) in [6.45, 7) is 5.64. The van der Waals surface area contributed by atoms with Gasteiger partial charge >= 0.3 is 0 Å². The predicted molar refractivity (Wildman–Crippen MR) is 118 cm³/mol. The smallest absolute Gasteiger partial charge is 0.279 e. The Hall–Kier alpha value is -3.01. The minimum absolute atomic E-state index is 0.0235. The third-order valence-corrected chi connectivity index (χ3v) is 8.00. The molecule has 9 heteroatoms. The van der Waals surface area contributed by atoms with Gasteiger partial charge in [-0.3, -0.25) is 4.79 Å². The lowest BCUT2D eigenvalue weighted by Gasteiger charge is -2.26. The molecule has 8 nitrogen and oxygen atoms in total. The van der Waals surface area contributed by atoms with E-state index in [4.69, 9.17) is 4.74 Å². The van der Waals surface area contributed by atoms with E-state index in [-0.39, 0.29) is 29.4 Å². The van der Waals surface area contributed by atoms with Crippen LogP contribution >= 0.6 is 0 Å². The summed E-state index contributed by atoms with van der Waals surface area (Å²) < 4.78 is 34.8. The first-order valence-electron chi connectivity index (χ1n) is 10.5. The topological polar surface area (TPSA) is 101 Å². The summed E-state index contributed by atoms with van der Waals surface area (Å²) in [7, 11) is -3.75. The van der Waals surface area contributed by atoms with Gasteiger partial charge in [-0.1, -0.05) is 18.2 Å². The highest BCUT2D eigenvalue weighted by Crippen LogP contribution is 2.37. The van der Waals surface area contributed by atoms with Crippen molar-refractivity contribution in [2.75, 3.05) is 26.3 Å². The number of rotatable bonds is 4. The van der Waals surface area contributed by atoms with Gasteiger partial charge in [0.15, 0.2) is 5.88 Å². The zero-order chi connectivity index (χ0) is 22.6. The Balaban J connectivity index is 1.79. The summed E-state index contributed by atoms with van der Waals surface area (Å²) in [6.07, 6.45) is 0. The third kappa shape index (κ3) is 3.00. The van der Waals surface area contributed by atoms with Crippen molar-refractivity contribution in [3.63, 3.8) is 0 Å². The second kappa shape index (κ2) is 7.54. The Kier molecular flexibility index (Phi) is 4.92. The lowest BCUT2D eigenvalue weighted by Crippen LogP contribution is -2.41. The Morgan fingerprint density at radius 1 is 1.16 bits per heavy atom. The van der Waals surface area contributed by atoms with Crippen molar-refractivity contribution in [2.24, 2.45) is 4.99 Å². The maximum Gasteiger partial charge on any atom is 0.279 e. The molecule has 2 aliphatic heterocycles. The van der Waals surface area contributed by atoms with E-state index in [9.17, 15) is 18.3 Å². The van der Waals surface area contributed by atoms with Crippen LogP contribution in [0.4, 0.5) is 0 Å². The molecule has 0 atom stereocenters.